The van der Waals surface area contributed by atoms with Crippen molar-refractivity contribution in [2.24, 2.45) is 0 Å². The third-order valence-corrected chi connectivity index (χ3v) is 6.77. The molecular weight excluding hydrogens is 429 g/mol. The van der Waals surface area contributed by atoms with E-state index in [2.05, 4.69) is 46.7 Å². The number of aromatic nitrogens is 2. The Balaban J connectivity index is 1.26. The third kappa shape index (κ3) is 5.21. The molecule has 178 valence electrons. The highest BCUT2D eigenvalue weighted by molar-refractivity contribution is 5.42. The molecule has 0 bridgehead atoms. The number of hydrogen-bond donors (Lipinski definition) is 2. The average Bonchev–Trinajstić information content (AvgIpc) is 3.64. The van der Waals surface area contributed by atoms with Crippen molar-refractivity contribution in [3.8, 4) is 5.69 Å². The Bertz CT molecular complexity index is 1170. The molecule has 5 rings (SSSR count). The van der Waals surface area contributed by atoms with Gasteiger partial charge >= 0.3 is 0 Å². The molecule has 2 aliphatic rings. The minimum Gasteiger partial charge on any atom is -0.349 e. The number of anilines is 1. The van der Waals surface area contributed by atoms with E-state index in [9.17, 15) is 9.18 Å². The molecule has 0 amide bonds. The predicted molar refractivity (Wildman–Crippen MR) is 134 cm³/mol. The van der Waals surface area contributed by atoms with Gasteiger partial charge in [0, 0.05) is 50.0 Å². The van der Waals surface area contributed by atoms with Crippen LogP contribution in [-0.2, 0) is 6.42 Å². The van der Waals surface area contributed by atoms with Crippen LogP contribution in [0.3, 0.4) is 0 Å². The van der Waals surface area contributed by atoms with Gasteiger partial charge in [0.05, 0.1) is 5.69 Å². The van der Waals surface area contributed by atoms with Crippen LogP contribution >= 0.6 is 0 Å². The van der Waals surface area contributed by atoms with Crippen LogP contribution in [-0.4, -0.2) is 48.3 Å². The van der Waals surface area contributed by atoms with E-state index in [-0.39, 0.29) is 11.4 Å². The molecule has 2 aromatic carbocycles. The Morgan fingerprint density at radius 1 is 1.09 bits per heavy atom. The molecule has 1 saturated heterocycles. The first-order valence-corrected chi connectivity index (χ1v) is 12.2. The minimum absolute atomic E-state index is 0.158. The molecule has 2 N–H and O–H groups in total. The highest BCUT2D eigenvalue weighted by atomic mass is 19.1. The zero-order valence-corrected chi connectivity index (χ0v) is 19.6. The Labute approximate surface area is 199 Å². The van der Waals surface area contributed by atoms with Gasteiger partial charge in [-0.05, 0) is 62.6 Å². The lowest BCUT2D eigenvalue weighted by atomic mass is 10.1. The normalized spacial score (nSPS) is 19.9. The standard InChI is InChI=1S/C27H32FN5O/c1-19-4-6-20(7-5-19)24-17-25(24)30-12-2-3-22-18-33(23-10-8-21(28)9-11-23)27(34)26(31-22)32-15-13-29-14-16-32/h4-11,18,24-25,29-30H,2-3,12-17H2,1H3/t24-,25+/m0/s1. The Morgan fingerprint density at radius 3 is 2.56 bits per heavy atom. The van der Waals surface area contributed by atoms with E-state index in [0.29, 0.717) is 23.5 Å². The molecule has 2 atom stereocenters. The van der Waals surface area contributed by atoms with Crippen LogP contribution in [0.1, 0.15) is 35.6 Å². The van der Waals surface area contributed by atoms with Crippen molar-refractivity contribution in [2.45, 2.75) is 38.1 Å². The second-order valence-corrected chi connectivity index (χ2v) is 9.36. The maximum absolute atomic E-state index is 13.5. The van der Waals surface area contributed by atoms with E-state index in [1.54, 1.807) is 16.7 Å². The Kier molecular flexibility index (Phi) is 6.74. The molecule has 1 saturated carbocycles. The molecule has 0 radical (unpaired) electrons. The summed E-state index contributed by atoms with van der Waals surface area (Å²) >= 11 is 0. The Hall–Kier alpha value is -3.03. The molecule has 2 fully saturated rings. The summed E-state index contributed by atoms with van der Waals surface area (Å²) in [5.41, 5.74) is 4.09. The van der Waals surface area contributed by atoms with Crippen LogP contribution in [0.15, 0.2) is 59.5 Å². The van der Waals surface area contributed by atoms with Crippen molar-refractivity contribution in [1.82, 2.24) is 20.2 Å². The summed E-state index contributed by atoms with van der Waals surface area (Å²) in [5.74, 6) is 0.778. The van der Waals surface area contributed by atoms with Gasteiger partial charge in [-0.15, -0.1) is 0 Å². The SMILES string of the molecule is Cc1ccc([C@@H]2C[C@H]2NCCCc2cn(-c3ccc(F)cc3)c(=O)c(N3CCNCC3)n2)cc1. The highest BCUT2D eigenvalue weighted by Gasteiger charge is 2.37. The molecule has 1 aliphatic carbocycles. The van der Waals surface area contributed by atoms with Gasteiger partial charge in [0.2, 0.25) is 0 Å². The highest BCUT2D eigenvalue weighted by Crippen LogP contribution is 2.40. The number of hydrogen-bond acceptors (Lipinski definition) is 5. The summed E-state index contributed by atoms with van der Waals surface area (Å²) in [4.78, 5) is 20.1. The summed E-state index contributed by atoms with van der Waals surface area (Å²) < 4.78 is 15.1. The molecule has 1 aromatic heterocycles. The van der Waals surface area contributed by atoms with E-state index in [4.69, 9.17) is 4.98 Å². The zero-order chi connectivity index (χ0) is 23.5. The average molecular weight is 462 g/mol. The third-order valence-electron chi connectivity index (χ3n) is 6.77. The van der Waals surface area contributed by atoms with Gasteiger partial charge in [-0.1, -0.05) is 29.8 Å². The lowest BCUT2D eigenvalue weighted by Gasteiger charge is -2.28. The quantitative estimate of drug-likeness (QED) is 0.505. The van der Waals surface area contributed by atoms with Gasteiger partial charge in [0.1, 0.15) is 5.82 Å². The molecule has 6 nitrogen and oxygen atoms in total. The number of benzene rings is 2. The second kappa shape index (κ2) is 10.1. The molecule has 34 heavy (non-hydrogen) atoms. The Morgan fingerprint density at radius 2 is 1.82 bits per heavy atom. The number of halogens is 1. The first-order chi connectivity index (χ1) is 16.6. The van der Waals surface area contributed by atoms with Gasteiger partial charge in [0.15, 0.2) is 5.82 Å². The van der Waals surface area contributed by atoms with Crippen molar-refractivity contribution >= 4 is 5.82 Å². The molecule has 7 heteroatoms. The van der Waals surface area contributed by atoms with E-state index < -0.39 is 0 Å². The molecule has 1 aliphatic heterocycles. The smallest absolute Gasteiger partial charge is 0.298 e. The van der Waals surface area contributed by atoms with Crippen molar-refractivity contribution in [1.29, 1.82) is 0 Å². The minimum atomic E-state index is -0.316. The van der Waals surface area contributed by atoms with E-state index in [1.165, 1.54) is 29.7 Å². The summed E-state index contributed by atoms with van der Waals surface area (Å²) in [7, 11) is 0. The number of nitrogens with zero attached hydrogens (tertiary/aromatic N) is 3. The number of aryl methyl sites for hydroxylation is 2. The largest absolute Gasteiger partial charge is 0.349 e. The fraction of sp³-hybridized carbons (Fsp3) is 0.407. The van der Waals surface area contributed by atoms with E-state index in [1.807, 2.05) is 6.20 Å². The summed E-state index contributed by atoms with van der Waals surface area (Å²) in [5, 5.41) is 6.99. The maximum Gasteiger partial charge on any atom is 0.298 e. The fourth-order valence-electron chi connectivity index (χ4n) is 4.68. The zero-order valence-electron chi connectivity index (χ0n) is 19.6. The van der Waals surface area contributed by atoms with Crippen LogP contribution in [0.5, 0.6) is 0 Å². The van der Waals surface area contributed by atoms with Crippen molar-refractivity contribution in [2.75, 3.05) is 37.6 Å². The lowest BCUT2D eigenvalue weighted by Crippen LogP contribution is -2.46. The second-order valence-electron chi connectivity index (χ2n) is 9.36. The van der Waals surface area contributed by atoms with E-state index in [0.717, 1.165) is 51.3 Å². The first kappa shape index (κ1) is 22.7. The molecule has 0 unspecified atom stereocenters. The number of piperazine rings is 1. The van der Waals surface area contributed by atoms with Crippen LogP contribution < -0.4 is 21.1 Å². The predicted octanol–water partition coefficient (Wildman–Crippen LogP) is 3.17. The molecular formula is C27H32FN5O. The number of rotatable bonds is 8. The fourth-order valence-corrected chi connectivity index (χ4v) is 4.68. The summed E-state index contributed by atoms with van der Waals surface area (Å²) in [6.07, 6.45) is 4.71. The van der Waals surface area contributed by atoms with Gasteiger partial charge in [-0.2, -0.15) is 0 Å². The summed E-state index contributed by atoms with van der Waals surface area (Å²) in [6, 6.07) is 15.4. The van der Waals surface area contributed by atoms with Gasteiger partial charge in [-0.25, -0.2) is 9.37 Å². The monoisotopic (exact) mass is 461 g/mol. The van der Waals surface area contributed by atoms with Crippen LogP contribution in [0.25, 0.3) is 5.69 Å². The topological polar surface area (TPSA) is 62.2 Å². The van der Waals surface area contributed by atoms with Crippen LogP contribution in [0.4, 0.5) is 10.2 Å². The van der Waals surface area contributed by atoms with Gasteiger partial charge in [0.25, 0.3) is 5.56 Å². The van der Waals surface area contributed by atoms with Gasteiger partial charge in [-0.3, -0.25) is 9.36 Å². The lowest BCUT2D eigenvalue weighted by molar-refractivity contribution is 0.579. The maximum atomic E-state index is 13.5. The van der Waals surface area contributed by atoms with Crippen LogP contribution in [0, 0.1) is 12.7 Å². The van der Waals surface area contributed by atoms with Crippen LogP contribution in [0.2, 0.25) is 0 Å². The molecule has 2 heterocycles. The van der Waals surface area contributed by atoms with Crippen molar-refractivity contribution in [3.63, 3.8) is 0 Å². The molecule has 3 aromatic rings. The number of nitrogens with one attached hydrogen (secondary N) is 2. The van der Waals surface area contributed by atoms with Crippen molar-refractivity contribution in [3.05, 3.63) is 87.7 Å². The van der Waals surface area contributed by atoms with Crippen molar-refractivity contribution < 1.29 is 4.39 Å². The molecule has 0 spiro atoms. The summed E-state index contributed by atoms with van der Waals surface area (Å²) in [6.45, 7) is 6.18. The van der Waals surface area contributed by atoms with Gasteiger partial charge < -0.3 is 15.5 Å². The first-order valence-electron chi connectivity index (χ1n) is 12.2. The van der Waals surface area contributed by atoms with E-state index >= 15 is 0 Å².